The molecule has 1 atom stereocenters. The highest BCUT2D eigenvalue weighted by Crippen LogP contribution is 2.46. The predicted octanol–water partition coefficient (Wildman–Crippen LogP) is 3.22. The molecule has 2 N–H and O–H groups in total. The molecule has 3 heterocycles. The van der Waals surface area contributed by atoms with Crippen molar-refractivity contribution in [1.82, 2.24) is 4.57 Å². The molecule has 176 valence electrons. The first-order chi connectivity index (χ1) is 16.5. The van der Waals surface area contributed by atoms with Crippen LogP contribution in [0, 0.1) is 0 Å². The van der Waals surface area contributed by atoms with Gasteiger partial charge in [0.2, 0.25) is 5.88 Å². The number of carbonyl (C=O) groups excluding carboxylic acids is 1. The first-order valence-electron chi connectivity index (χ1n) is 11.2. The maximum atomic E-state index is 14.0. The van der Waals surface area contributed by atoms with Gasteiger partial charge < -0.3 is 29.2 Å². The highest BCUT2D eigenvalue weighted by atomic mass is 16.5. The Bertz CT molecular complexity index is 1400. The second kappa shape index (κ2) is 8.44. The zero-order valence-corrected chi connectivity index (χ0v) is 19.3. The molecule has 0 aliphatic carbocycles. The zero-order valence-electron chi connectivity index (χ0n) is 19.3. The third-order valence-electron chi connectivity index (χ3n) is 6.47. The van der Waals surface area contributed by atoms with Crippen molar-refractivity contribution in [2.45, 2.75) is 32.2 Å². The van der Waals surface area contributed by atoms with Crippen LogP contribution in [0.1, 0.15) is 36.0 Å². The quantitative estimate of drug-likeness (QED) is 0.581. The second-order valence-corrected chi connectivity index (χ2v) is 8.26. The predicted molar refractivity (Wildman–Crippen MR) is 126 cm³/mol. The molecular weight excluding hydrogens is 436 g/mol. The number of methoxy groups -OCH3 is 2. The van der Waals surface area contributed by atoms with Gasteiger partial charge in [0.15, 0.2) is 11.5 Å². The molecule has 0 amide bonds. The highest BCUT2D eigenvalue weighted by Gasteiger charge is 2.40. The first-order valence-corrected chi connectivity index (χ1v) is 11.2. The third-order valence-corrected chi connectivity index (χ3v) is 6.47. The number of nitrogens with zero attached hydrogens (tertiary/aromatic N) is 1. The summed E-state index contributed by atoms with van der Waals surface area (Å²) in [5, 5.41) is 0.795. The fourth-order valence-electron chi connectivity index (χ4n) is 5.03. The van der Waals surface area contributed by atoms with Crippen molar-refractivity contribution >= 4 is 16.9 Å². The number of aromatic nitrogens is 1. The Morgan fingerprint density at radius 2 is 1.97 bits per heavy atom. The fraction of sp³-hybridized carbons (Fsp3) is 0.308. The van der Waals surface area contributed by atoms with Gasteiger partial charge >= 0.3 is 5.97 Å². The summed E-state index contributed by atoms with van der Waals surface area (Å²) in [4.78, 5) is 27.0. The largest absolute Gasteiger partial charge is 0.493 e. The minimum absolute atomic E-state index is 0.0772. The van der Waals surface area contributed by atoms with Crippen LogP contribution in [-0.4, -0.2) is 31.4 Å². The number of rotatable bonds is 5. The Morgan fingerprint density at radius 1 is 1.18 bits per heavy atom. The maximum Gasteiger partial charge on any atom is 0.340 e. The Hall–Kier alpha value is -3.94. The van der Waals surface area contributed by atoms with E-state index in [2.05, 4.69) is 0 Å². The number of esters is 1. The Balaban J connectivity index is 1.85. The second-order valence-electron chi connectivity index (χ2n) is 8.26. The van der Waals surface area contributed by atoms with Crippen LogP contribution in [0.2, 0.25) is 0 Å². The lowest BCUT2D eigenvalue weighted by atomic mass is 9.82. The van der Waals surface area contributed by atoms with Crippen LogP contribution in [0.3, 0.4) is 0 Å². The summed E-state index contributed by atoms with van der Waals surface area (Å²) in [7, 11) is 3.08. The van der Waals surface area contributed by atoms with E-state index in [-0.39, 0.29) is 23.6 Å². The van der Waals surface area contributed by atoms with E-state index >= 15 is 0 Å². The number of fused-ring (bicyclic) bond motifs is 2. The summed E-state index contributed by atoms with van der Waals surface area (Å²) in [6, 6.07) is 11.2. The molecule has 1 aromatic heterocycles. The standard InChI is InChI=1S/C26H26N2O6/c1-4-33-26(30)21-19(15-10-11-17(31-2)18(13-15)32-3)20-23(34-24(21)27)16-9-5-7-14-8-6-12-28(22(14)16)25(20)29/h5,7,9-11,13,19H,4,6,8,12,27H2,1-3H3. The molecule has 34 heavy (non-hydrogen) atoms. The molecule has 3 aromatic rings. The molecule has 2 aliphatic rings. The molecule has 1 unspecified atom stereocenters. The summed E-state index contributed by atoms with van der Waals surface area (Å²) in [5.41, 5.74) is 9.17. The number of aryl methyl sites for hydroxylation is 2. The molecule has 2 aliphatic heterocycles. The van der Waals surface area contributed by atoms with E-state index in [0.29, 0.717) is 34.9 Å². The van der Waals surface area contributed by atoms with E-state index in [9.17, 15) is 9.59 Å². The van der Waals surface area contributed by atoms with Gasteiger partial charge in [-0.05, 0) is 49.1 Å². The van der Waals surface area contributed by atoms with Crippen LogP contribution in [-0.2, 0) is 22.5 Å². The van der Waals surface area contributed by atoms with Crippen LogP contribution in [0.25, 0.3) is 10.9 Å². The number of para-hydroxylation sites is 1. The SMILES string of the molecule is CCOC(=O)C1=C(N)Oc2c(c(=O)n3c4c(cccc24)CCC3)C1c1ccc(OC)c(OC)c1. The molecule has 0 saturated heterocycles. The Morgan fingerprint density at radius 3 is 2.71 bits per heavy atom. The maximum absolute atomic E-state index is 14.0. The van der Waals surface area contributed by atoms with Crippen molar-refractivity contribution in [2.75, 3.05) is 20.8 Å². The van der Waals surface area contributed by atoms with E-state index in [0.717, 1.165) is 29.3 Å². The molecule has 5 rings (SSSR count). The van der Waals surface area contributed by atoms with E-state index in [1.54, 1.807) is 36.8 Å². The average Bonchev–Trinajstić information content (AvgIpc) is 2.86. The number of hydrogen-bond acceptors (Lipinski definition) is 7. The topological polar surface area (TPSA) is 102 Å². The molecule has 0 spiro atoms. The van der Waals surface area contributed by atoms with Gasteiger partial charge in [-0.15, -0.1) is 0 Å². The van der Waals surface area contributed by atoms with Crippen molar-refractivity contribution in [1.29, 1.82) is 0 Å². The number of pyridine rings is 1. The lowest BCUT2D eigenvalue weighted by Gasteiger charge is -2.31. The summed E-state index contributed by atoms with van der Waals surface area (Å²) in [6.45, 7) is 2.46. The van der Waals surface area contributed by atoms with Crippen LogP contribution >= 0.6 is 0 Å². The van der Waals surface area contributed by atoms with E-state index in [1.165, 1.54) is 7.11 Å². The fourth-order valence-corrected chi connectivity index (χ4v) is 5.03. The Labute approximate surface area is 196 Å². The van der Waals surface area contributed by atoms with Crippen molar-refractivity contribution in [3.63, 3.8) is 0 Å². The molecule has 0 radical (unpaired) electrons. The van der Waals surface area contributed by atoms with E-state index in [4.69, 9.17) is 24.7 Å². The Kier molecular flexibility index (Phi) is 5.43. The molecular formula is C26H26N2O6. The van der Waals surface area contributed by atoms with E-state index < -0.39 is 11.9 Å². The minimum Gasteiger partial charge on any atom is -0.493 e. The number of benzene rings is 2. The van der Waals surface area contributed by atoms with Gasteiger partial charge in [0.1, 0.15) is 11.3 Å². The van der Waals surface area contributed by atoms with E-state index in [1.807, 2.05) is 18.2 Å². The minimum atomic E-state index is -0.797. The molecule has 2 aromatic carbocycles. The van der Waals surface area contributed by atoms with Crippen LogP contribution < -0.4 is 25.5 Å². The number of carbonyl (C=O) groups is 1. The third kappa shape index (κ3) is 3.21. The molecule has 0 fully saturated rings. The van der Waals surface area contributed by atoms with Crippen molar-refractivity contribution in [2.24, 2.45) is 5.73 Å². The van der Waals surface area contributed by atoms with Gasteiger partial charge in [0, 0.05) is 11.9 Å². The number of hydrogen-bond donors (Lipinski definition) is 1. The smallest absolute Gasteiger partial charge is 0.340 e. The summed E-state index contributed by atoms with van der Waals surface area (Å²) in [5.74, 6) is -0.120. The van der Waals surface area contributed by atoms with Crippen molar-refractivity contribution in [3.05, 3.63) is 74.9 Å². The summed E-state index contributed by atoms with van der Waals surface area (Å²) >= 11 is 0. The van der Waals surface area contributed by atoms with Gasteiger partial charge in [0.25, 0.3) is 5.56 Å². The molecule has 8 heteroatoms. The zero-order chi connectivity index (χ0) is 24.0. The molecule has 0 bridgehead atoms. The normalized spacial score (nSPS) is 16.6. The van der Waals surface area contributed by atoms with Gasteiger partial charge in [-0.3, -0.25) is 4.79 Å². The van der Waals surface area contributed by atoms with Gasteiger partial charge in [0.05, 0.1) is 37.8 Å². The van der Waals surface area contributed by atoms with Crippen molar-refractivity contribution < 1.29 is 23.7 Å². The van der Waals surface area contributed by atoms with Crippen LogP contribution in [0.4, 0.5) is 0 Å². The van der Waals surface area contributed by atoms with Crippen LogP contribution in [0.5, 0.6) is 17.2 Å². The lowest BCUT2D eigenvalue weighted by molar-refractivity contribution is -0.139. The summed E-state index contributed by atoms with van der Waals surface area (Å²) < 4.78 is 24.0. The van der Waals surface area contributed by atoms with Gasteiger partial charge in [-0.1, -0.05) is 18.2 Å². The lowest BCUT2D eigenvalue weighted by Crippen LogP contribution is -2.35. The number of nitrogens with two attached hydrogens (primary N) is 1. The van der Waals surface area contributed by atoms with Crippen molar-refractivity contribution in [3.8, 4) is 17.2 Å². The monoisotopic (exact) mass is 462 g/mol. The van der Waals surface area contributed by atoms with Gasteiger partial charge in [-0.25, -0.2) is 4.79 Å². The van der Waals surface area contributed by atoms with Gasteiger partial charge in [-0.2, -0.15) is 0 Å². The number of ether oxygens (including phenoxy) is 4. The van der Waals surface area contributed by atoms with Crippen LogP contribution in [0.15, 0.2) is 52.6 Å². The average molecular weight is 463 g/mol. The summed E-state index contributed by atoms with van der Waals surface area (Å²) in [6.07, 6.45) is 1.74. The highest BCUT2D eigenvalue weighted by molar-refractivity contribution is 5.96. The first kappa shape index (κ1) is 21.9. The molecule has 0 saturated carbocycles. The molecule has 8 nitrogen and oxygen atoms in total.